The average molecular weight is 922 g/mol. The Morgan fingerprint density at radius 1 is 0.646 bits per heavy atom. The first-order valence-electron chi connectivity index (χ1n) is 22.1. The average Bonchev–Trinajstić information content (AvgIpc) is 3.16. The number of methoxy groups -OCH3 is 1. The number of hydrogen-bond acceptors (Lipinski definition) is 15. The molecule has 0 aromatic heterocycles. The maximum Gasteiger partial charge on any atom is 0.342 e. The first-order valence-corrected chi connectivity index (χ1v) is 22.1. The first-order chi connectivity index (χ1) is 29.0. The number of aliphatic hydroxyl groups is 2. The third kappa shape index (κ3) is 8.96. The highest BCUT2D eigenvalue weighted by Crippen LogP contribution is 2.62. The molecule has 2 aliphatic rings. The Kier molecular flexibility index (Phi) is 14.9. The fraction of sp³-hybridized carbons (Fsp3) is 0.776. The van der Waals surface area contributed by atoms with Crippen LogP contribution in [0, 0.1) is 21.7 Å². The third-order valence-electron chi connectivity index (χ3n) is 14.9. The number of carbonyl (C=O) groups is 5. The summed E-state index contributed by atoms with van der Waals surface area (Å²) in [6.45, 7) is 29.1. The second kappa shape index (κ2) is 17.4. The SMILES string of the molecule is COC(=O)C1(C)OC(C)(COC[C@]2(C)[C@](C)(O)C(C)(CO)OC(C)(OCc3ccccc3)[C@@]2(C)NC(C)=O)[C@@](C)(OC(=O)C(C)(C)C)[C@@](C)(OC(=O)C(C)(C)C)[C@]1(C)OC(=O)C(C)(C)C. The summed E-state index contributed by atoms with van der Waals surface area (Å²) in [5.74, 6) is -5.69. The van der Waals surface area contributed by atoms with E-state index in [9.17, 15) is 34.2 Å². The molecule has 4 unspecified atom stereocenters. The molecule has 0 radical (unpaired) electrons. The number of aliphatic hydroxyl groups excluding tert-OH is 1. The van der Waals surface area contributed by atoms with E-state index in [2.05, 4.69) is 5.32 Å². The summed E-state index contributed by atoms with van der Waals surface area (Å²) in [7, 11) is 1.12. The number of benzene rings is 1. The maximum absolute atomic E-state index is 14.4. The van der Waals surface area contributed by atoms with Crippen molar-refractivity contribution in [1.82, 2.24) is 5.32 Å². The summed E-state index contributed by atoms with van der Waals surface area (Å²) in [4.78, 5) is 70.5. The Bertz CT molecular complexity index is 1970. The van der Waals surface area contributed by atoms with E-state index < -0.39 is 122 Å². The Hall–Kier alpha value is -3.67. The molecule has 3 rings (SSSR count). The van der Waals surface area contributed by atoms with E-state index in [1.165, 1.54) is 55.4 Å². The van der Waals surface area contributed by atoms with E-state index in [1.807, 2.05) is 30.3 Å². The summed E-state index contributed by atoms with van der Waals surface area (Å²) in [5, 5.41) is 26.8. The Balaban J connectivity index is 2.44. The number of rotatable bonds is 13. The first kappa shape index (κ1) is 55.7. The molecule has 0 bridgehead atoms. The summed E-state index contributed by atoms with van der Waals surface area (Å²) >= 11 is 0. The zero-order valence-corrected chi connectivity index (χ0v) is 42.9. The van der Waals surface area contributed by atoms with Crippen molar-refractivity contribution in [2.75, 3.05) is 26.9 Å². The highest BCUT2D eigenvalue weighted by molar-refractivity contribution is 5.85. The standard InChI is InChI=1S/C49H79NO15/c1-31(52)50-44(15)40(11,45(16,57)41(12,28-51)65-49(44,20)60-27-32-25-23-22-24-26-32)29-59-30-42(13)46(17,61-33(53)37(2,3)4)48(19,63-35(55)39(8,9)10)47(18,62-34(54)38(5,6)7)43(14,64-42)36(56)58-21/h22-26,51,57H,27-30H2,1-21H3,(H,50,52)/t40-,41?,42?,43?,44-,45-,46+,47+,48+,49?/m0/s1. The highest BCUT2D eigenvalue weighted by atomic mass is 16.7. The molecule has 0 aliphatic carbocycles. The van der Waals surface area contributed by atoms with E-state index in [0.717, 1.165) is 12.7 Å². The minimum atomic E-state index is -2.33. The van der Waals surface area contributed by atoms with Crippen LogP contribution in [0.25, 0.3) is 0 Å². The second-order valence-electron chi connectivity index (χ2n) is 22.8. The van der Waals surface area contributed by atoms with Gasteiger partial charge < -0.3 is 53.4 Å². The topological polar surface area (TPSA) is 212 Å². The molecular formula is C49H79NO15. The van der Waals surface area contributed by atoms with Crippen LogP contribution in [0.3, 0.4) is 0 Å². The van der Waals surface area contributed by atoms with Crippen molar-refractivity contribution < 1.29 is 72.1 Å². The van der Waals surface area contributed by atoms with Crippen LogP contribution in [0.4, 0.5) is 0 Å². The number of carbonyl (C=O) groups excluding carboxylic acids is 5. The molecule has 0 saturated carbocycles. The minimum Gasteiger partial charge on any atom is -0.467 e. The van der Waals surface area contributed by atoms with Crippen LogP contribution in [-0.4, -0.2) is 117 Å². The maximum atomic E-state index is 14.4. The van der Waals surface area contributed by atoms with Gasteiger partial charge in [0.05, 0.1) is 55.2 Å². The van der Waals surface area contributed by atoms with Gasteiger partial charge in [0.15, 0.2) is 22.6 Å². The van der Waals surface area contributed by atoms with E-state index >= 15 is 0 Å². The van der Waals surface area contributed by atoms with Crippen LogP contribution in [-0.2, 0) is 68.5 Å². The van der Waals surface area contributed by atoms with Crippen molar-refractivity contribution in [3.63, 3.8) is 0 Å². The van der Waals surface area contributed by atoms with E-state index in [0.29, 0.717) is 0 Å². The fourth-order valence-corrected chi connectivity index (χ4v) is 8.97. The summed E-state index contributed by atoms with van der Waals surface area (Å²) in [6, 6.07) is 9.24. The predicted octanol–water partition coefficient (Wildman–Crippen LogP) is 6.13. The molecule has 16 heteroatoms. The van der Waals surface area contributed by atoms with Gasteiger partial charge >= 0.3 is 23.9 Å². The van der Waals surface area contributed by atoms with E-state index in [-0.39, 0.29) is 6.61 Å². The molecule has 2 saturated heterocycles. The zero-order chi connectivity index (χ0) is 50.7. The number of nitrogens with one attached hydrogen (secondary N) is 1. The number of hydrogen-bond donors (Lipinski definition) is 3. The van der Waals surface area contributed by atoms with Crippen LogP contribution < -0.4 is 5.32 Å². The van der Waals surface area contributed by atoms with Crippen molar-refractivity contribution in [2.45, 2.75) is 196 Å². The molecule has 2 aliphatic heterocycles. The normalized spacial score (nSPS) is 37.7. The van der Waals surface area contributed by atoms with Crippen LogP contribution in [0.2, 0.25) is 0 Å². The van der Waals surface area contributed by atoms with Crippen molar-refractivity contribution in [3.8, 4) is 0 Å². The smallest absolute Gasteiger partial charge is 0.342 e. The molecule has 2 fully saturated rings. The van der Waals surface area contributed by atoms with E-state index in [1.54, 1.807) is 83.1 Å². The van der Waals surface area contributed by atoms with Gasteiger partial charge in [0.25, 0.3) is 0 Å². The number of amides is 1. The van der Waals surface area contributed by atoms with Crippen molar-refractivity contribution in [3.05, 3.63) is 35.9 Å². The highest BCUT2D eigenvalue weighted by Gasteiger charge is 2.83. The molecule has 1 aromatic rings. The van der Waals surface area contributed by atoms with Gasteiger partial charge in [0.2, 0.25) is 11.5 Å². The van der Waals surface area contributed by atoms with E-state index in [4.69, 9.17) is 37.9 Å². The number of esters is 4. The predicted molar refractivity (Wildman–Crippen MR) is 240 cm³/mol. The lowest BCUT2D eigenvalue weighted by Gasteiger charge is -2.69. The van der Waals surface area contributed by atoms with Gasteiger partial charge in [-0.1, -0.05) is 37.3 Å². The van der Waals surface area contributed by atoms with Gasteiger partial charge in [-0.2, -0.15) is 0 Å². The van der Waals surface area contributed by atoms with Gasteiger partial charge in [-0.05, 0) is 130 Å². The Morgan fingerprint density at radius 2 is 1.09 bits per heavy atom. The second-order valence-corrected chi connectivity index (χ2v) is 22.8. The lowest BCUT2D eigenvalue weighted by atomic mass is 9.52. The van der Waals surface area contributed by atoms with Crippen molar-refractivity contribution >= 4 is 29.8 Å². The lowest BCUT2D eigenvalue weighted by Crippen LogP contribution is -2.88. The molecular weight excluding hydrogens is 843 g/mol. The van der Waals surface area contributed by atoms with Crippen LogP contribution >= 0.6 is 0 Å². The largest absolute Gasteiger partial charge is 0.467 e. The molecule has 1 amide bonds. The molecule has 3 N–H and O–H groups in total. The van der Waals surface area contributed by atoms with Crippen LogP contribution in [0.5, 0.6) is 0 Å². The minimum absolute atomic E-state index is 0.00699. The third-order valence-corrected chi connectivity index (χ3v) is 14.9. The van der Waals surface area contributed by atoms with Crippen LogP contribution in [0.1, 0.15) is 144 Å². The van der Waals surface area contributed by atoms with Crippen molar-refractivity contribution in [1.29, 1.82) is 0 Å². The molecule has 10 atom stereocenters. The summed E-state index contributed by atoms with van der Waals surface area (Å²) in [5.41, 5.74) is -21.0. The summed E-state index contributed by atoms with van der Waals surface area (Å²) < 4.78 is 51.8. The van der Waals surface area contributed by atoms with Gasteiger partial charge in [-0.15, -0.1) is 0 Å². The Morgan fingerprint density at radius 3 is 1.51 bits per heavy atom. The van der Waals surface area contributed by atoms with Gasteiger partial charge in [-0.3, -0.25) is 19.2 Å². The quantitative estimate of drug-likeness (QED) is 0.150. The monoisotopic (exact) mass is 922 g/mol. The zero-order valence-electron chi connectivity index (χ0n) is 42.9. The summed E-state index contributed by atoms with van der Waals surface area (Å²) in [6.07, 6.45) is 0. The Labute approximate surface area is 386 Å². The molecule has 370 valence electrons. The van der Waals surface area contributed by atoms with Crippen LogP contribution in [0.15, 0.2) is 30.3 Å². The molecule has 65 heavy (non-hydrogen) atoms. The van der Waals surface area contributed by atoms with Gasteiger partial charge in [-0.25, -0.2) is 4.79 Å². The van der Waals surface area contributed by atoms with Gasteiger partial charge in [0, 0.05) is 6.92 Å². The molecule has 16 nitrogen and oxygen atoms in total. The lowest BCUT2D eigenvalue weighted by molar-refractivity contribution is -0.425. The van der Waals surface area contributed by atoms with Gasteiger partial charge in [0.1, 0.15) is 22.3 Å². The number of ether oxygens (including phenoxy) is 8. The van der Waals surface area contributed by atoms with Crippen molar-refractivity contribution in [2.24, 2.45) is 21.7 Å². The molecule has 1 aromatic carbocycles. The molecule has 0 spiro atoms. The fourth-order valence-electron chi connectivity index (χ4n) is 8.97. The molecule has 2 heterocycles.